The lowest BCUT2D eigenvalue weighted by Gasteiger charge is -2.16. The van der Waals surface area contributed by atoms with Gasteiger partial charge in [0.25, 0.3) is 5.91 Å². The fourth-order valence-corrected chi connectivity index (χ4v) is 3.55. The van der Waals surface area contributed by atoms with E-state index in [1.54, 1.807) is 25.6 Å². The Morgan fingerprint density at radius 3 is 2.67 bits per heavy atom. The van der Waals surface area contributed by atoms with Gasteiger partial charge in [-0.25, -0.2) is 24.3 Å². The third-order valence-corrected chi connectivity index (χ3v) is 5.49. The molecule has 33 heavy (non-hydrogen) atoms. The summed E-state index contributed by atoms with van der Waals surface area (Å²) >= 11 is 0. The minimum absolute atomic E-state index is 0.0560. The van der Waals surface area contributed by atoms with Gasteiger partial charge in [-0.15, -0.1) is 0 Å². The smallest absolute Gasteiger partial charge is 0.271 e. The highest BCUT2D eigenvalue weighted by atomic mass is 19.1. The van der Waals surface area contributed by atoms with E-state index in [1.807, 2.05) is 6.20 Å². The molecule has 170 valence electrons. The number of carbonyl (C=O) groups excluding carboxylic acids is 1. The summed E-state index contributed by atoms with van der Waals surface area (Å²) in [7, 11) is 1.68. The van der Waals surface area contributed by atoms with Crippen molar-refractivity contribution >= 4 is 28.8 Å². The Bertz CT molecular complexity index is 1200. The fraction of sp³-hybridized carbons (Fsp3) is 0.364. The van der Waals surface area contributed by atoms with Crippen LogP contribution in [0.25, 0.3) is 5.70 Å². The number of hydrogen-bond acceptors (Lipinski definition) is 8. The molecular weight excluding hydrogens is 425 g/mol. The summed E-state index contributed by atoms with van der Waals surface area (Å²) in [4.78, 5) is 30.3. The van der Waals surface area contributed by atoms with Gasteiger partial charge in [-0.1, -0.05) is 0 Å². The van der Waals surface area contributed by atoms with E-state index in [0.717, 1.165) is 37.1 Å². The molecule has 2 aliphatic carbocycles. The van der Waals surface area contributed by atoms with Crippen molar-refractivity contribution in [1.82, 2.24) is 35.0 Å². The number of anilines is 3. The molecule has 0 saturated heterocycles. The SMILES string of the molecule is Cn1ncc(NC(=C2CC2)c2nc(C3CC3)cnc2Nc2cncnc2)c1C(=O)NCCF. The molecule has 0 aromatic carbocycles. The lowest BCUT2D eigenvalue weighted by Crippen LogP contribution is -2.28. The molecule has 3 N–H and O–H groups in total. The summed E-state index contributed by atoms with van der Waals surface area (Å²) in [6.07, 6.45) is 12.3. The van der Waals surface area contributed by atoms with Crippen LogP contribution in [0, 0.1) is 0 Å². The maximum atomic E-state index is 12.6. The Morgan fingerprint density at radius 2 is 1.97 bits per heavy atom. The van der Waals surface area contributed by atoms with Gasteiger partial charge >= 0.3 is 0 Å². The van der Waals surface area contributed by atoms with Crippen LogP contribution in [0.1, 0.15) is 53.5 Å². The molecule has 2 aliphatic rings. The van der Waals surface area contributed by atoms with Crippen molar-refractivity contribution in [2.24, 2.45) is 7.05 Å². The van der Waals surface area contributed by atoms with Gasteiger partial charge in [-0.2, -0.15) is 5.10 Å². The number of nitrogens with zero attached hydrogens (tertiary/aromatic N) is 6. The van der Waals surface area contributed by atoms with Gasteiger partial charge in [0, 0.05) is 19.5 Å². The minimum atomic E-state index is -0.635. The van der Waals surface area contributed by atoms with Crippen LogP contribution in [0.15, 0.2) is 36.7 Å². The van der Waals surface area contributed by atoms with Crippen molar-refractivity contribution in [2.75, 3.05) is 23.9 Å². The Balaban J connectivity index is 1.52. The average molecular weight is 449 g/mol. The topological polar surface area (TPSA) is 123 Å². The van der Waals surface area contributed by atoms with E-state index in [2.05, 4.69) is 36.0 Å². The van der Waals surface area contributed by atoms with Gasteiger partial charge in [-0.3, -0.25) is 9.48 Å². The molecule has 2 fully saturated rings. The largest absolute Gasteiger partial charge is 0.350 e. The summed E-state index contributed by atoms with van der Waals surface area (Å²) in [6.45, 7) is -0.692. The quantitative estimate of drug-likeness (QED) is 0.456. The van der Waals surface area contributed by atoms with Crippen LogP contribution in [0.4, 0.5) is 21.6 Å². The first-order chi connectivity index (χ1) is 16.1. The van der Waals surface area contributed by atoms with E-state index < -0.39 is 12.6 Å². The lowest BCUT2D eigenvalue weighted by atomic mass is 10.2. The highest BCUT2D eigenvalue weighted by molar-refractivity contribution is 6.00. The number of aryl methyl sites for hydroxylation is 1. The van der Waals surface area contributed by atoms with Crippen LogP contribution in [-0.2, 0) is 7.05 Å². The van der Waals surface area contributed by atoms with Crippen LogP contribution in [0.2, 0.25) is 0 Å². The van der Waals surface area contributed by atoms with Gasteiger partial charge in [0.2, 0.25) is 0 Å². The number of hydrogen-bond donors (Lipinski definition) is 3. The maximum absolute atomic E-state index is 12.6. The third-order valence-electron chi connectivity index (χ3n) is 5.49. The first-order valence-corrected chi connectivity index (χ1v) is 10.9. The zero-order valence-electron chi connectivity index (χ0n) is 18.2. The Morgan fingerprint density at radius 1 is 1.18 bits per heavy atom. The van der Waals surface area contributed by atoms with Crippen molar-refractivity contribution in [1.29, 1.82) is 0 Å². The molecule has 0 spiro atoms. The second-order valence-electron chi connectivity index (χ2n) is 8.10. The molecule has 11 heteroatoms. The normalized spacial score (nSPS) is 14.7. The first-order valence-electron chi connectivity index (χ1n) is 10.9. The molecule has 5 rings (SSSR count). The molecule has 3 aromatic heterocycles. The van der Waals surface area contributed by atoms with Crippen LogP contribution in [0.3, 0.4) is 0 Å². The van der Waals surface area contributed by atoms with Gasteiger partial charge in [0.05, 0.1) is 47.6 Å². The van der Waals surface area contributed by atoms with Crippen molar-refractivity contribution in [3.8, 4) is 0 Å². The number of amides is 1. The third kappa shape index (κ3) is 4.66. The molecule has 0 aliphatic heterocycles. The van der Waals surface area contributed by atoms with Gasteiger partial charge < -0.3 is 16.0 Å². The molecule has 0 radical (unpaired) electrons. The number of alkyl halides is 1. The second-order valence-corrected chi connectivity index (χ2v) is 8.10. The second kappa shape index (κ2) is 8.93. The number of rotatable bonds is 9. The summed E-state index contributed by atoms with van der Waals surface area (Å²) in [5.41, 5.74) is 5.15. The maximum Gasteiger partial charge on any atom is 0.271 e. The van der Waals surface area contributed by atoms with Crippen molar-refractivity contribution in [3.63, 3.8) is 0 Å². The monoisotopic (exact) mass is 449 g/mol. The molecule has 10 nitrogen and oxygen atoms in total. The molecular formula is C22H24FN9O. The van der Waals surface area contributed by atoms with E-state index in [0.29, 0.717) is 34.5 Å². The molecule has 2 saturated carbocycles. The molecule has 1 amide bonds. The highest BCUT2D eigenvalue weighted by Crippen LogP contribution is 2.42. The average Bonchev–Trinajstić information content (AvgIpc) is 3.75. The first kappa shape index (κ1) is 21.0. The Labute approximate surface area is 189 Å². The van der Waals surface area contributed by atoms with Crippen molar-refractivity contribution < 1.29 is 9.18 Å². The number of allylic oxidation sites excluding steroid dienone is 1. The predicted octanol–water partition coefficient (Wildman–Crippen LogP) is 2.94. The lowest BCUT2D eigenvalue weighted by molar-refractivity contribution is 0.0942. The van der Waals surface area contributed by atoms with E-state index in [1.165, 1.54) is 16.6 Å². The molecule has 0 bridgehead atoms. The van der Waals surface area contributed by atoms with Gasteiger partial charge in [-0.05, 0) is 31.3 Å². The number of carbonyl (C=O) groups is 1. The number of halogens is 1. The summed E-state index contributed by atoms with van der Waals surface area (Å²) < 4.78 is 14.1. The van der Waals surface area contributed by atoms with Crippen LogP contribution < -0.4 is 16.0 Å². The number of nitrogens with one attached hydrogen (secondary N) is 3. The van der Waals surface area contributed by atoms with E-state index >= 15 is 0 Å². The standard InChI is InChI=1S/C22H24FN9O/c1-32-20(22(33)26-7-6-23)17(11-28-32)31-18(14-4-5-14)19-21(29-15-8-24-12-25-9-15)27-10-16(30-19)13-2-3-13/h8-13,31H,2-7H2,1H3,(H,26,33)(H,27,29). The van der Waals surface area contributed by atoms with Crippen molar-refractivity contribution in [2.45, 2.75) is 31.6 Å². The minimum Gasteiger partial charge on any atom is -0.350 e. The zero-order valence-corrected chi connectivity index (χ0v) is 18.2. The summed E-state index contributed by atoms with van der Waals surface area (Å²) in [5, 5.41) is 13.4. The summed E-state index contributed by atoms with van der Waals surface area (Å²) in [5.74, 6) is 0.604. The zero-order chi connectivity index (χ0) is 22.8. The molecule has 0 unspecified atom stereocenters. The van der Waals surface area contributed by atoms with E-state index in [9.17, 15) is 9.18 Å². The van der Waals surface area contributed by atoms with Gasteiger partial charge in [0.15, 0.2) is 5.82 Å². The van der Waals surface area contributed by atoms with Crippen LogP contribution >= 0.6 is 0 Å². The molecule has 3 heterocycles. The summed E-state index contributed by atoms with van der Waals surface area (Å²) in [6, 6.07) is 0. The van der Waals surface area contributed by atoms with E-state index in [-0.39, 0.29) is 6.54 Å². The van der Waals surface area contributed by atoms with E-state index in [4.69, 9.17) is 4.98 Å². The van der Waals surface area contributed by atoms with Crippen LogP contribution in [-0.4, -0.2) is 48.8 Å². The molecule has 3 aromatic rings. The Kier molecular flexibility index (Phi) is 5.68. The molecule has 0 atom stereocenters. The van der Waals surface area contributed by atoms with Gasteiger partial charge in [0.1, 0.15) is 24.4 Å². The highest BCUT2D eigenvalue weighted by Gasteiger charge is 2.30. The Hall–Kier alpha value is -3.89. The number of aromatic nitrogens is 6. The fourth-order valence-electron chi connectivity index (χ4n) is 3.55. The van der Waals surface area contributed by atoms with Crippen molar-refractivity contribution in [3.05, 3.63) is 53.8 Å². The van der Waals surface area contributed by atoms with Crippen LogP contribution in [0.5, 0.6) is 0 Å². The predicted molar refractivity (Wildman–Crippen MR) is 121 cm³/mol.